The molecule has 1 N–H and O–H groups in total. The highest BCUT2D eigenvalue weighted by molar-refractivity contribution is 9.10. The van der Waals surface area contributed by atoms with Gasteiger partial charge in [0.15, 0.2) is 11.7 Å². The van der Waals surface area contributed by atoms with Crippen LogP contribution in [0.5, 0.6) is 5.75 Å². The van der Waals surface area contributed by atoms with Crippen molar-refractivity contribution in [1.82, 2.24) is 4.98 Å². The lowest BCUT2D eigenvalue weighted by atomic mass is 9.90. The van der Waals surface area contributed by atoms with Gasteiger partial charge < -0.3 is 4.74 Å². The Kier molecular flexibility index (Phi) is 5.78. The molecule has 0 bridgehead atoms. The topological polar surface area (TPSA) is 51.2 Å². The third-order valence-corrected chi connectivity index (χ3v) is 6.54. The average Bonchev–Trinajstić information content (AvgIpc) is 3.17. The summed E-state index contributed by atoms with van der Waals surface area (Å²) in [6.45, 7) is 1.93. The summed E-state index contributed by atoms with van der Waals surface area (Å²) in [5.41, 5.74) is 5.96. The minimum absolute atomic E-state index is 0.0468. The Hall–Kier alpha value is -2.18. The molecule has 0 saturated heterocycles. The number of anilines is 1. The zero-order chi connectivity index (χ0) is 19.5. The zero-order valence-corrected chi connectivity index (χ0v) is 18.0. The molecular weight excluding hydrogens is 436 g/mol. The molecule has 0 spiro atoms. The van der Waals surface area contributed by atoms with E-state index < -0.39 is 0 Å². The fourth-order valence-corrected chi connectivity index (χ4v) is 4.35. The first kappa shape index (κ1) is 19.2. The van der Waals surface area contributed by atoms with Crippen molar-refractivity contribution in [3.05, 3.63) is 62.9 Å². The van der Waals surface area contributed by atoms with Crippen molar-refractivity contribution in [2.45, 2.75) is 32.6 Å². The molecule has 144 valence electrons. The van der Waals surface area contributed by atoms with Crippen molar-refractivity contribution in [2.75, 3.05) is 11.9 Å². The number of aryl methyl sites for hydroxylation is 3. The second-order valence-corrected chi connectivity index (χ2v) is 8.69. The van der Waals surface area contributed by atoms with Crippen LogP contribution < -0.4 is 10.1 Å². The highest BCUT2D eigenvalue weighted by Gasteiger charge is 2.13. The standard InChI is InChI=1S/C22H21BrN2O2S/c1-14-10-18(8-9-19(14)23)27-12-21(26)25-22-24-20(13-28-22)17-7-6-15-4-2-3-5-16(15)11-17/h6-11,13H,2-5,12H2,1H3,(H,24,25,26). The van der Waals surface area contributed by atoms with E-state index in [1.165, 1.54) is 41.7 Å². The molecule has 28 heavy (non-hydrogen) atoms. The second-order valence-electron chi connectivity index (χ2n) is 6.98. The van der Waals surface area contributed by atoms with Gasteiger partial charge in [-0.15, -0.1) is 11.3 Å². The van der Waals surface area contributed by atoms with E-state index in [1.807, 2.05) is 30.5 Å². The van der Waals surface area contributed by atoms with E-state index in [9.17, 15) is 4.79 Å². The summed E-state index contributed by atoms with van der Waals surface area (Å²) < 4.78 is 6.59. The van der Waals surface area contributed by atoms with Crippen LogP contribution in [-0.2, 0) is 17.6 Å². The lowest BCUT2D eigenvalue weighted by Gasteiger charge is -2.16. The predicted molar refractivity (Wildman–Crippen MR) is 117 cm³/mol. The quantitative estimate of drug-likeness (QED) is 0.529. The van der Waals surface area contributed by atoms with Crippen LogP contribution in [0.2, 0.25) is 0 Å². The molecule has 3 aromatic rings. The number of carbonyl (C=O) groups is 1. The minimum atomic E-state index is -0.216. The Labute approximate surface area is 177 Å². The SMILES string of the molecule is Cc1cc(OCC(=O)Nc2nc(-c3ccc4c(c3)CCCC4)cs2)ccc1Br. The van der Waals surface area contributed by atoms with E-state index >= 15 is 0 Å². The molecule has 1 aliphatic rings. The van der Waals surface area contributed by atoms with E-state index in [2.05, 4.69) is 44.4 Å². The Morgan fingerprint density at radius 1 is 1.18 bits per heavy atom. The molecule has 0 unspecified atom stereocenters. The molecule has 2 aromatic carbocycles. The fourth-order valence-electron chi connectivity index (χ4n) is 3.37. The first-order valence-corrected chi connectivity index (χ1v) is 11.0. The highest BCUT2D eigenvalue weighted by Crippen LogP contribution is 2.29. The molecule has 1 aromatic heterocycles. The number of benzene rings is 2. The number of amides is 1. The van der Waals surface area contributed by atoms with Crippen molar-refractivity contribution < 1.29 is 9.53 Å². The van der Waals surface area contributed by atoms with E-state index in [1.54, 1.807) is 0 Å². The van der Waals surface area contributed by atoms with Crippen LogP contribution in [-0.4, -0.2) is 17.5 Å². The van der Waals surface area contributed by atoms with E-state index in [0.29, 0.717) is 10.9 Å². The van der Waals surface area contributed by atoms with Gasteiger partial charge in [0.25, 0.3) is 5.91 Å². The van der Waals surface area contributed by atoms with Crippen molar-refractivity contribution in [2.24, 2.45) is 0 Å². The van der Waals surface area contributed by atoms with Gasteiger partial charge in [-0.1, -0.05) is 28.1 Å². The van der Waals surface area contributed by atoms with Gasteiger partial charge in [-0.2, -0.15) is 0 Å². The van der Waals surface area contributed by atoms with Gasteiger partial charge in [0.2, 0.25) is 0 Å². The second kappa shape index (κ2) is 8.45. The van der Waals surface area contributed by atoms with Crippen molar-refractivity contribution in [3.63, 3.8) is 0 Å². The van der Waals surface area contributed by atoms with Gasteiger partial charge in [-0.25, -0.2) is 4.98 Å². The lowest BCUT2D eigenvalue weighted by molar-refractivity contribution is -0.118. The maximum Gasteiger partial charge on any atom is 0.264 e. The average molecular weight is 457 g/mol. The van der Waals surface area contributed by atoms with Crippen LogP contribution in [0.3, 0.4) is 0 Å². The molecule has 0 radical (unpaired) electrons. The first-order chi connectivity index (χ1) is 13.6. The normalized spacial score (nSPS) is 13.1. The number of hydrogen-bond donors (Lipinski definition) is 1. The van der Waals surface area contributed by atoms with Crippen molar-refractivity contribution in [1.29, 1.82) is 0 Å². The molecule has 4 rings (SSSR count). The highest BCUT2D eigenvalue weighted by atomic mass is 79.9. The Morgan fingerprint density at radius 3 is 2.82 bits per heavy atom. The van der Waals surface area contributed by atoms with Crippen LogP contribution in [0.4, 0.5) is 5.13 Å². The Bertz CT molecular complexity index is 1020. The minimum Gasteiger partial charge on any atom is -0.484 e. The summed E-state index contributed by atoms with van der Waals surface area (Å²) in [6, 6.07) is 12.2. The monoisotopic (exact) mass is 456 g/mol. The van der Waals surface area contributed by atoms with E-state index in [0.717, 1.165) is 27.7 Å². The van der Waals surface area contributed by atoms with Gasteiger partial charge in [0.1, 0.15) is 5.75 Å². The van der Waals surface area contributed by atoms with E-state index in [-0.39, 0.29) is 12.5 Å². The summed E-state index contributed by atoms with van der Waals surface area (Å²) in [5.74, 6) is 0.455. The van der Waals surface area contributed by atoms with Gasteiger partial charge >= 0.3 is 0 Å². The fraction of sp³-hybridized carbons (Fsp3) is 0.273. The maximum atomic E-state index is 12.2. The number of rotatable bonds is 5. The maximum absolute atomic E-state index is 12.2. The van der Waals surface area contributed by atoms with Crippen LogP contribution in [0.1, 0.15) is 29.5 Å². The first-order valence-electron chi connectivity index (χ1n) is 9.35. The van der Waals surface area contributed by atoms with Crippen LogP contribution >= 0.6 is 27.3 Å². The van der Waals surface area contributed by atoms with Gasteiger partial charge in [-0.05, 0) is 73.6 Å². The largest absolute Gasteiger partial charge is 0.484 e. The predicted octanol–water partition coefficient (Wildman–Crippen LogP) is 5.78. The van der Waals surface area contributed by atoms with Crippen LogP contribution in [0.15, 0.2) is 46.3 Å². The summed E-state index contributed by atoms with van der Waals surface area (Å²) in [4.78, 5) is 16.8. The smallest absolute Gasteiger partial charge is 0.264 e. The number of carbonyl (C=O) groups excluding carboxylic acids is 1. The van der Waals surface area contributed by atoms with Gasteiger partial charge in [0, 0.05) is 15.4 Å². The molecular formula is C22H21BrN2O2S. The third-order valence-electron chi connectivity index (χ3n) is 4.89. The molecule has 6 heteroatoms. The number of aromatic nitrogens is 1. The Balaban J connectivity index is 1.37. The number of nitrogens with one attached hydrogen (secondary N) is 1. The van der Waals surface area contributed by atoms with E-state index in [4.69, 9.17) is 4.74 Å². The summed E-state index contributed by atoms with van der Waals surface area (Å²) >= 11 is 4.88. The molecule has 1 heterocycles. The number of halogens is 1. The summed E-state index contributed by atoms with van der Waals surface area (Å²) in [5, 5.41) is 5.40. The molecule has 0 fully saturated rings. The molecule has 1 aliphatic carbocycles. The van der Waals surface area contributed by atoms with Crippen molar-refractivity contribution >= 4 is 38.3 Å². The summed E-state index contributed by atoms with van der Waals surface area (Å²) in [7, 11) is 0. The van der Waals surface area contributed by atoms with Crippen LogP contribution in [0.25, 0.3) is 11.3 Å². The number of hydrogen-bond acceptors (Lipinski definition) is 4. The Morgan fingerprint density at radius 2 is 2.00 bits per heavy atom. The zero-order valence-electron chi connectivity index (χ0n) is 15.6. The van der Waals surface area contributed by atoms with Gasteiger partial charge in [-0.3, -0.25) is 10.1 Å². The molecule has 4 nitrogen and oxygen atoms in total. The molecule has 0 atom stereocenters. The third kappa shape index (κ3) is 4.45. The lowest BCUT2D eigenvalue weighted by Crippen LogP contribution is -2.20. The molecule has 0 saturated carbocycles. The van der Waals surface area contributed by atoms with Crippen molar-refractivity contribution in [3.8, 4) is 17.0 Å². The molecule has 1 amide bonds. The number of nitrogens with zero attached hydrogens (tertiary/aromatic N) is 1. The number of thiazole rings is 1. The number of fused-ring (bicyclic) bond motifs is 1. The van der Waals surface area contributed by atoms with Gasteiger partial charge in [0.05, 0.1) is 5.69 Å². The number of ether oxygens (including phenoxy) is 1. The molecule has 0 aliphatic heterocycles. The summed E-state index contributed by atoms with van der Waals surface area (Å²) in [6.07, 6.45) is 4.85. The van der Waals surface area contributed by atoms with Crippen LogP contribution in [0, 0.1) is 6.92 Å².